The minimum absolute atomic E-state index is 0.655. The van der Waals surface area contributed by atoms with E-state index in [9.17, 15) is 8.42 Å². The average Bonchev–Trinajstić information content (AvgIpc) is 2.12. The van der Waals surface area contributed by atoms with Crippen LogP contribution in [0.3, 0.4) is 0 Å². The van der Waals surface area contributed by atoms with Gasteiger partial charge in [-0.25, -0.2) is 8.42 Å². The monoisotopic (exact) mass is 229 g/mol. The number of nitrogens with one attached hydrogen (secondary N) is 1. The highest BCUT2D eigenvalue weighted by atomic mass is 32.2. The number of aryl methyl sites for hydroxylation is 2. The summed E-state index contributed by atoms with van der Waals surface area (Å²) in [6.45, 7) is 7.79. The van der Waals surface area contributed by atoms with Crippen LogP contribution in [0.2, 0.25) is 0 Å². The number of benzene rings is 1. The fourth-order valence-electron chi connectivity index (χ4n) is 1.05. The predicted molar refractivity (Wildman–Crippen MR) is 65.7 cm³/mol. The van der Waals surface area contributed by atoms with Crippen LogP contribution in [0.4, 0.5) is 5.69 Å². The zero-order valence-electron chi connectivity index (χ0n) is 9.96. The van der Waals surface area contributed by atoms with Gasteiger partial charge in [0.2, 0.25) is 10.0 Å². The number of hydrogen-bond donors (Lipinski definition) is 1. The van der Waals surface area contributed by atoms with Gasteiger partial charge in [-0.3, -0.25) is 4.72 Å². The topological polar surface area (TPSA) is 46.2 Å². The maximum absolute atomic E-state index is 11.0. The Balaban J connectivity index is 0.000000921. The fourth-order valence-corrected chi connectivity index (χ4v) is 1.66. The Kier molecular flexibility index (Phi) is 5.36. The van der Waals surface area contributed by atoms with Gasteiger partial charge in [0.15, 0.2) is 0 Å². The smallest absolute Gasteiger partial charge is 0.229 e. The van der Waals surface area contributed by atoms with Crippen molar-refractivity contribution in [3.05, 3.63) is 29.3 Å². The summed E-state index contributed by atoms with van der Waals surface area (Å²) >= 11 is 0. The number of hydrogen-bond acceptors (Lipinski definition) is 2. The summed E-state index contributed by atoms with van der Waals surface area (Å²) in [6.07, 6.45) is 1.15. The Morgan fingerprint density at radius 3 is 2.13 bits per heavy atom. The molecule has 0 saturated heterocycles. The highest BCUT2D eigenvalue weighted by Crippen LogP contribution is 2.16. The Morgan fingerprint density at radius 1 is 1.13 bits per heavy atom. The minimum Gasteiger partial charge on any atom is -0.284 e. The normalized spacial score (nSPS) is 10.2. The second-order valence-electron chi connectivity index (χ2n) is 3.19. The van der Waals surface area contributed by atoms with Gasteiger partial charge >= 0.3 is 0 Å². The van der Waals surface area contributed by atoms with E-state index in [1.807, 2.05) is 45.9 Å². The van der Waals surface area contributed by atoms with E-state index in [2.05, 4.69) is 4.72 Å². The summed E-state index contributed by atoms with van der Waals surface area (Å²) in [4.78, 5) is 0. The molecule has 0 amide bonds. The summed E-state index contributed by atoms with van der Waals surface area (Å²) in [5.41, 5.74) is 2.62. The highest BCUT2D eigenvalue weighted by molar-refractivity contribution is 7.92. The van der Waals surface area contributed by atoms with Gasteiger partial charge in [-0.1, -0.05) is 26.0 Å². The SMILES string of the molecule is CC.Cc1ccc(C)c(NS(C)(=O)=O)c1. The Hall–Kier alpha value is -1.03. The molecule has 86 valence electrons. The molecule has 0 atom stereocenters. The lowest BCUT2D eigenvalue weighted by atomic mass is 10.1. The van der Waals surface area contributed by atoms with Crippen molar-refractivity contribution < 1.29 is 8.42 Å². The zero-order chi connectivity index (χ0) is 12.1. The highest BCUT2D eigenvalue weighted by Gasteiger charge is 2.04. The predicted octanol–water partition coefficient (Wildman–Crippen LogP) is 2.70. The van der Waals surface area contributed by atoms with Crippen LogP contribution < -0.4 is 4.72 Å². The van der Waals surface area contributed by atoms with Crippen molar-refractivity contribution in [3.8, 4) is 0 Å². The maximum Gasteiger partial charge on any atom is 0.229 e. The molecule has 1 aromatic carbocycles. The molecule has 1 aromatic rings. The molecular weight excluding hydrogens is 210 g/mol. The van der Waals surface area contributed by atoms with Gasteiger partial charge in [0, 0.05) is 0 Å². The molecule has 0 aliphatic heterocycles. The van der Waals surface area contributed by atoms with Crippen molar-refractivity contribution in [1.82, 2.24) is 0 Å². The third kappa shape index (κ3) is 5.42. The molecule has 0 aromatic heterocycles. The molecule has 1 N–H and O–H groups in total. The van der Waals surface area contributed by atoms with E-state index >= 15 is 0 Å². The van der Waals surface area contributed by atoms with Crippen LogP contribution in [-0.2, 0) is 10.0 Å². The van der Waals surface area contributed by atoms with Crippen molar-refractivity contribution in [3.63, 3.8) is 0 Å². The molecule has 4 heteroatoms. The lowest BCUT2D eigenvalue weighted by Gasteiger charge is -2.07. The lowest BCUT2D eigenvalue weighted by molar-refractivity contribution is 0.607. The molecule has 0 bridgehead atoms. The van der Waals surface area contributed by atoms with E-state index < -0.39 is 10.0 Å². The van der Waals surface area contributed by atoms with Crippen molar-refractivity contribution >= 4 is 15.7 Å². The van der Waals surface area contributed by atoms with Crippen LogP contribution in [0.25, 0.3) is 0 Å². The number of sulfonamides is 1. The minimum atomic E-state index is -3.17. The van der Waals surface area contributed by atoms with Gasteiger partial charge in [-0.2, -0.15) is 0 Å². The van der Waals surface area contributed by atoms with Crippen LogP contribution in [0, 0.1) is 13.8 Å². The number of anilines is 1. The van der Waals surface area contributed by atoms with Gasteiger partial charge in [0.05, 0.1) is 11.9 Å². The van der Waals surface area contributed by atoms with Crippen molar-refractivity contribution in [2.45, 2.75) is 27.7 Å². The number of rotatable bonds is 2. The van der Waals surface area contributed by atoms with Gasteiger partial charge in [0.1, 0.15) is 0 Å². The Labute approximate surface area is 92.6 Å². The zero-order valence-corrected chi connectivity index (χ0v) is 10.8. The average molecular weight is 229 g/mol. The second kappa shape index (κ2) is 5.75. The summed E-state index contributed by atoms with van der Waals surface area (Å²) in [5.74, 6) is 0. The van der Waals surface area contributed by atoms with E-state index in [0.29, 0.717) is 5.69 Å². The van der Waals surface area contributed by atoms with Crippen LogP contribution in [-0.4, -0.2) is 14.7 Å². The molecule has 3 nitrogen and oxygen atoms in total. The Morgan fingerprint density at radius 2 is 1.67 bits per heavy atom. The quantitative estimate of drug-likeness (QED) is 0.847. The van der Waals surface area contributed by atoms with Crippen molar-refractivity contribution in [2.24, 2.45) is 0 Å². The molecule has 0 unspecified atom stereocenters. The first-order chi connectivity index (χ1) is 6.88. The van der Waals surface area contributed by atoms with E-state index in [4.69, 9.17) is 0 Å². The first-order valence-corrected chi connectivity index (χ1v) is 6.83. The largest absolute Gasteiger partial charge is 0.284 e. The summed E-state index contributed by atoms with van der Waals surface area (Å²) in [6, 6.07) is 5.65. The van der Waals surface area contributed by atoms with E-state index in [0.717, 1.165) is 17.4 Å². The molecular formula is C11H19NO2S. The van der Waals surface area contributed by atoms with Gasteiger partial charge < -0.3 is 0 Å². The third-order valence-electron chi connectivity index (χ3n) is 1.69. The molecule has 0 heterocycles. The molecule has 0 spiro atoms. The van der Waals surface area contributed by atoms with Gasteiger partial charge in [0.25, 0.3) is 0 Å². The fraction of sp³-hybridized carbons (Fsp3) is 0.455. The van der Waals surface area contributed by atoms with Gasteiger partial charge in [-0.05, 0) is 31.0 Å². The Bertz CT molecular complexity index is 411. The molecule has 1 rings (SSSR count). The standard InChI is InChI=1S/C9H13NO2S.C2H6/c1-7-4-5-8(2)9(6-7)10-13(3,11)12;1-2/h4-6,10H,1-3H3;1-2H3. The second-order valence-corrected chi connectivity index (χ2v) is 4.94. The van der Waals surface area contributed by atoms with E-state index in [-0.39, 0.29) is 0 Å². The summed E-state index contributed by atoms with van der Waals surface area (Å²) in [5, 5.41) is 0. The summed E-state index contributed by atoms with van der Waals surface area (Å²) in [7, 11) is -3.17. The molecule has 15 heavy (non-hydrogen) atoms. The first kappa shape index (κ1) is 14.0. The molecule has 0 saturated carbocycles. The van der Waals surface area contributed by atoms with Gasteiger partial charge in [-0.15, -0.1) is 0 Å². The maximum atomic E-state index is 11.0. The van der Waals surface area contributed by atoms with Crippen LogP contribution >= 0.6 is 0 Å². The third-order valence-corrected chi connectivity index (χ3v) is 2.28. The molecule has 0 radical (unpaired) electrons. The van der Waals surface area contributed by atoms with Crippen LogP contribution in [0.1, 0.15) is 25.0 Å². The van der Waals surface area contributed by atoms with E-state index in [1.54, 1.807) is 0 Å². The van der Waals surface area contributed by atoms with Crippen molar-refractivity contribution in [1.29, 1.82) is 0 Å². The molecule has 0 aliphatic rings. The van der Waals surface area contributed by atoms with Crippen LogP contribution in [0.5, 0.6) is 0 Å². The van der Waals surface area contributed by atoms with E-state index in [1.165, 1.54) is 0 Å². The summed E-state index contributed by atoms with van der Waals surface area (Å²) < 4.78 is 24.4. The molecule has 0 fully saturated rings. The first-order valence-electron chi connectivity index (χ1n) is 4.93. The van der Waals surface area contributed by atoms with Crippen LogP contribution in [0.15, 0.2) is 18.2 Å². The lowest BCUT2D eigenvalue weighted by Crippen LogP contribution is -2.10. The van der Waals surface area contributed by atoms with Crippen molar-refractivity contribution in [2.75, 3.05) is 11.0 Å². The molecule has 0 aliphatic carbocycles.